The number of rotatable bonds is 3. The van der Waals surface area contributed by atoms with E-state index in [-0.39, 0.29) is 0 Å². The van der Waals surface area contributed by atoms with Gasteiger partial charge >= 0.3 is 0 Å². The van der Waals surface area contributed by atoms with Crippen LogP contribution >= 0.6 is 11.3 Å². The zero-order chi connectivity index (χ0) is 13.8. The Morgan fingerprint density at radius 2 is 2.00 bits per heavy atom. The summed E-state index contributed by atoms with van der Waals surface area (Å²) >= 11 is 1.55. The summed E-state index contributed by atoms with van der Waals surface area (Å²) in [6.45, 7) is 1.70. The topological polar surface area (TPSA) is 66.9 Å². The lowest BCUT2D eigenvalue weighted by atomic mass is 10.1. The number of nitrogens with two attached hydrogens (primary N) is 1. The first-order chi connectivity index (χ1) is 9.10. The predicted octanol–water partition coefficient (Wildman–Crippen LogP) is 3.18. The van der Waals surface area contributed by atoms with Crippen LogP contribution < -0.4 is 5.73 Å². The molecular weight excluding hydrogens is 256 g/mol. The van der Waals surface area contributed by atoms with Crippen LogP contribution in [0.5, 0.6) is 0 Å². The van der Waals surface area contributed by atoms with Crippen molar-refractivity contribution in [2.24, 2.45) is 5.73 Å². The maximum atomic E-state index is 11.0. The van der Waals surface area contributed by atoms with Crippen molar-refractivity contribution < 1.29 is 4.79 Å². The zero-order valence-electron chi connectivity index (χ0n) is 10.4. The van der Waals surface area contributed by atoms with Gasteiger partial charge in [-0.3, -0.25) is 4.79 Å². The first-order valence-corrected chi connectivity index (χ1v) is 6.55. The van der Waals surface area contributed by atoms with E-state index in [9.17, 15) is 4.79 Å². The summed E-state index contributed by atoms with van der Waals surface area (Å²) < 4.78 is 0. The van der Waals surface area contributed by atoms with E-state index in [4.69, 9.17) is 11.0 Å². The molecule has 2 N–H and O–H groups in total. The second kappa shape index (κ2) is 5.51. The van der Waals surface area contributed by atoms with Gasteiger partial charge in [-0.15, -0.1) is 11.3 Å². The molecule has 4 heteroatoms. The lowest BCUT2D eigenvalue weighted by Crippen LogP contribution is -2.11. The van der Waals surface area contributed by atoms with Gasteiger partial charge in [-0.25, -0.2) is 0 Å². The molecule has 1 heterocycles. The van der Waals surface area contributed by atoms with Crippen LogP contribution in [-0.4, -0.2) is 5.91 Å². The minimum Gasteiger partial charge on any atom is -0.366 e. The van der Waals surface area contributed by atoms with Crippen molar-refractivity contribution in [3.05, 3.63) is 51.7 Å². The number of benzene rings is 1. The van der Waals surface area contributed by atoms with Gasteiger partial charge in [0.15, 0.2) is 0 Å². The highest BCUT2D eigenvalue weighted by atomic mass is 32.1. The second-order valence-corrected chi connectivity index (χ2v) is 5.06. The number of carbonyl (C=O) groups excluding carboxylic acids is 1. The molecule has 0 atom stereocenters. The van der Waals surface area contributed by atoms with Crippen molar-refractivity contribution in [3.63, 3.8) is 0 Å². The first-order valence-electron chi connectivity index (χ1n) is 5.67. The highest BCUT2D eigenvalue weighted by Crippen LogP contribution is 2.27. The second-order valence-electron chi connectivity index (χ2n) is 4.12. The highest BCUT2D eigenvalue weighted by Gasteiger charge is 2.03. The Morgan fingerprint density at radius 3 is 2.58 bits per heavy atom. The number of primary amides is 1. The fraction of sp³-hybridized carbons (Fsp3) is 0.0667. The Bertz CT molecular complexity index is 675. The average Bonchev–Trinajstić information content (AvgIpc) is 2.87. The van der Waals surface area contributed by atoms with E-state index >= 15 is 0 Å². The molecule has 0 aliphatic rings. The van der Waals surface area contributed by atoms with Gasteiger partial charge in [0.1, 0.15) is 0 Å². The van der Waals surface area contributed by atoms with Crippen LogP contribution in [0.25, 0.3) is 17.2 Å². The molecule has 0 bridgehead atoms. The Balaban J connectivity index is 2.28. The number of nitriles is 1. The van der Waals surface area contributed by atoms with Gasteiger partial charge in [0.05, 0.1) is 11.6 Å². The van der Waals surface area contributed by atoms with Crippen molar-refractivity contribution in [1.82, 2.24) is 0 Å². The van der Waals surface area contributed by atoms with Crippen LogP contribution in [0.1, 0.15) is 17.4 Å². The zero-order valence-corrected chi connectivity index (χ0v) is 11.2. The Morgan fingerprint density at radius 1 is 1.32 bits per heavy atom. The van der Waals surface area contributed by atoms with Crippen molar-refractivity contribution >= 4 is 23.3 Å². The van der Waals surface area contributed by atoms with Gasteiger partial charge in [0.2, 0.25) is 5.91 Å². The number of carbonyl (C=O) groups is 1. The van der Waals surface area contributed by atoms with Crippen molar-refractivity contribution in [2.45, 2.75) is 6.92 Å². The van der Waals surface area contributed by atoms with Crippen molar-refractivity contribution in [1.29, 1.82) is 5.26 Å². The Labute approximate surface area is 115 Å². The highest BCUT2D eigenvalue weighted by molar-refractivity contribution is 7.11. The maximum absolute atomic E-state index is 11.0. The standard InChI is InChI=1S/C15H12N2OS/c1-10(15(17)18)6-14-7-13(9-19-14)12-4-2-11(8-16)3-5-12/h2-7,9H,1H3,(H2,17,18)/b10-6+. The van der Waals surface area contributed by atoms with Gasteiger partial charge in [0.25, 0.3) is 0 Å². The van der Waals surface area contributed by atoms with Crippen LogP contribution in [0.15, 0.2) is 41.3 Å². The van der Waals surface area contributed by atoms with Gasteiger partial charge < -0.3 is 5.73 Å². The van der Waals surface area contributed by atoms with E-state index in [1.165, 1.54) is 0 Å². The normalized spacial score (nSPS) is 11.1. The maximum Gasteiger partial charge on any atom is 0.244 e. The summed E-state index contributed by atoms with van der Waals surface area (Å²) in [6.07, 6.45) is 1.78. The molecule has 1 aromatic heterocycles. The van der Waals surface area contributed by atoms with Gasteiger partial charge in [-0.2, -0.15) is 5.26 Å². The minimum absolute atomic E-state index is 0.409. The average molecular weight is 268 g/mol. The van der Waals surface area contributed by atoms with E-state index in [1.807, 2.05) is 23.6 Å². The summed E-state index contributed by atoms with van der Waals surface area (Å²) in [5, 5.41) is 10.8. The number of thiophene rings is 1. The van der Waals surface area contributed by atoms with Crippen LogP contribution in [0, 0.1) is 11.3 Å². The molecule has 0 saturated heterocycles. The van der Waals surface area contributed by atoms with Crippen LogP contribution in [-0.2, 0) is 4.79 Å². The largest absolute Gasteiger partial charge is 0.366 e. The Kier molecular flexibility index (Phi) is 3.79. The molecule has 0 spiro atoms. The predicted molar refractivity (Wildman–Crippen MR) is 77.3 cm³/mol. The van der Waals surface area contributed by atoms with E-state index in [2.05, 4.69) is 6.07 Å². The third-order valence-corrected chi connectivity index (χ3v) is 3.59. The number of amides is 1. The molecule has 0 aliphatic carbocycles. The van der Waals surface area contributed by atoms with Crippen LogP contribution in [0.4, 0.5) is 0 Å². The molecule has 3 nitrogen and oxygen atoms in total. The molecule has 1 aromatic carbocycles. The molecular formula is C15H12N2OS. The van der Waals surface area contributed by atoms with Crippen LogP contribution in [0.2, 0.25) is 0 Å². The monoisotopic (exact) mass is 268 g/mol. The first kappa shape index (κ1) is 13.1. The summed E-state index contributed by atoms with van der Waals surface area (Å²) in [4.78, 5) is 12.0. The molecule has 94 valence electrons. The summed E-state index contributed by atoms with van der Waals surface area (Å²) in [6, 6.07) is 11.5. The number of hydrogen-bond donors (Lipinski definition) is 1. The molecule has 2 aromatic rings. The fourth-order valence-electron chi connectivity index (χ4n) is 1.60. The third kappa shape index (κ3) is 3.09. The van der Waals surface area contributed by atoms with E-state index in [0.29, 0.717) is 11.1 Å². The fourth-order valence-corrected chi connectivity index (χ4v) is 2.51. The number of hydrogen-bond acceptors (Lipinski definition) is 3. The van der Waals surface area contributed by atoms with E-state index in [1.54, 1.807) is 36.5 Å². The molecule has 0 saturated carbocycles. The molecule has 0 radical (unpaired) electrons. The Hall–Kier alpha value is -2.38. The number of nitrogens with zero attached hydrogens (tertiary/aromatic N) is 1. The summed E-state index contributed by atoms with van der Waals surface area (Å²) in [5.41, 5.74) is 8.49. The minimum atomic E-state index is -0.409. The third-order valence-electron chi connectivity index (χ3n) is 2.71. The van der Waals surface area contributed by atoms with E-state index in [0.717, 1.165) is 16.0 Å². The SMILES string of the molecule is C/C(=C\c1cc(-c2ccc(C#N)cc2)cs1)C(N)=O. The molecule has 0 aliphatic heterocycles. The van der Waals surface area contributed by atoms with Gasteiger partial charge in [-0.1, -0.05) is 12.1 Å². The molecule has 1 amide bonds. The molecule has 0 fully saturated rings. The molecule has 2 rings (SSSR count). The quantitative estimate of drug-likeness (QED) is 0.869. The summed E-state index contributed by atoms with van der Waals surface area (Å²) in [7, 11) is 0. The lowest BCUT2D eigenvalue weighted by molar-refractivity contribution is -0.114. The smallest absolute Gasteiger partial charge is 0.244 e. The molecule has 19 heavy (non-hydrogen) atoms. The van der Waals surface area contributed by atoms with Crippen LogP contribution in [0.3, 0.4) is 0 Å². The van der Waals surface area contributed by atoms with Crippen molar-refractivity contribution in [3.8, 4) is 17.2 Å². The van der Waals surface area contributed by atoms with Gasteiger partial charge in [-0.05, 0) is 47.7 Å². The molecule has 0 unspecified atom stereocenters. The summed E-state index contributed by atoms with van der Waals surface area (Å²) in [5.74, 6) is -0.409. The van der Waals surface area contributed by atoms with Gasteiger partial charge in [0, 0.05) is 10.5 Å². The van der Waals surface area contributed by atoms with Crippen molar-refractivity contribution in [2.75, 3.05) is 0 Å². The lowest BCUT2D eigenvalue weighted by Gasteiger charge is -1.96. The van der Waals surface area contributed by atoms with E-state index < -0.39 is 5.91 Å².